The van der Waals surface area contributed by atoms with Crippen molar-refractivity contribution in [1.29, 1.82) is 0 Å². The minimum absolute atomic E-state index is 0.0661. The fourth-order valence-electron chi connectivity index (χ4n) is 4.06. The SMILES string of the molecule is Cc1ccccc1-c1noc([C@@H]2CCC(=O)N(CCCN3CCCC3=O)C2)n1. The summed E-state index contributed by atoms with van der Waals surface area (Å²) in [5, 5.41) is 4.16. The fourth-order valence-corrected chi connectivity index (χ4v) is 4.06. The lowest BCUT2D eigenvalue weighted by Crippen LogP contribution is -2.40. The van der Waals surface area contributed by atoms with E-state index in [4.69, 9.17) is 4.52 Å². The summed E-state index contributed by atoms with van der Waals surface area (Å²) in [5.41, 5.74) is 2.07. The molecule has 2 aromatic rings. The first kappa shape index (κ1) is 18.7. The lowest BCUT2D eigenvalue weighted by atomic mass is 9.97. The molecule has 7 nitrogen and oxygen atoms in total. The van der Waals surface area contributed by atoms with E-state index in [0.717, 1.165) is 43.5 Å². The van der Waals surface area contributed by atoms with Gasteiger partial charge >= 0.3 is 0 Å². The van der Waals surface area contributed by atoms with E-state index in [1.165, 1.54) is 0 Å². The van der Waals surface area contributed by atoms with Gasteiger partial charge in [0.2, 0.25) is 23.5 Å². The molecular formula is C21H26N4O3. The maximum absolute atomic E-state index is 12.3. The van der Waals surface area contributed by atoms with Crippen molar-refractivity contribution in [1.82, 2.24) is 19.9 Å². The number of hydrogen-bond acceptors (Lipinski definition) is 5. The number of aromatic nitrogens is 2. The van der Waals surface area contributed by atoms with Gasteiger partial charge in [-0.1, -0.05) is 29.4 Å². The van der Waals surface area contributed by atoms with Crippen LogP contribution in [-0.4, -0.2) is 57.9 Å². The van der Waals surface area contributed by atoms with Gasteiger partial charge in [-0.25, -0.2) is 0 Å². The Morgan fingerprint density at radius 1 is 1.11 bits per heavy atom. The van der Waals surface area contributed by atoms with Crippen LogP contribution in [0.2, 0.25) is 0 Å². The van der Waals surface area contributed by atoms with Crippen LogP contribution in [0, 0.1) is 6.92 Å². The highest BCUT2D eigenvalue weighted by atomic mass is 16.5. The number of amides is 2. The van der Waals surface area contributed by atoms with Crippen molar-refractivity contribution in [3.05, 3.63) is 35.7 Å². The van der Waals surface area contributed by atoms with Crippen LogP contribution < -0.4 is 0 Å². The number of carbonyl (C=O) groups excluding carboxylic acids is 2. The Hall–Kier alpha value is -2.70. The van der Waals surface area contributed by atoms with E-state index in [9.17, 15) is 9.59 Å². The third-order valence-corrected chi connectivity index (χ3v) is 5.70. The topological polar surface area (TPSA) is 79.5 Å². The van der Waals surface area contributed by atoms with Crippen molar-refractivity contribution < 1.29 is 14.1 Å². The van der Waals surface area contributed by atoms with E-state index >= 15 is 0 Å². The van der Waals surface area contributed by atoms with Crippen molar-refractivity contribution in [2.45, 2.75) is 44.9 Å². The molecular weight excluding hydrogens is 356 g/mol. The average molecular weight is 382 g/mol. The molecule has 1 aromatic carbocycles. The quantitative estimate of drug-likeness (QED) is 0.767. The Morgan fingerprint density at radius 2 is 1.89 bits per heavy atom. The van der Waals surface area contributed by atoms with Crippen LogP contribution in [0.3, 0.4) is 0 Å². The lowest BCUT2D eigenvalue weighted by molar-refractivity contribution is -0.134. The van der Waals surface area contributed by atoms with Gasteiger partial charge in [-0.15, -0.1) is 0 Å². The monoisotopic (exact) mass is 382 g/mol. The van der Waals surface area contributed by atoms with Gasteiger partial charge in [-0.05, 0) is 31.7 Å². The molecule has 0 aliphatic carbocycles. The molecule has 3 heterocycles. The number of hydrogen-bond donors (Lipinski definition) is 0. The highest BCUT2D eigenvalue weighted by molar-refractivity contribution is 5.78. The number of piperidine rings is 1. The molecule has 2 aliphatic heterocycles. The van der Waals surface area contributed by atoms with E-state index in [1.807, 2.05) is 41.0 Å². The molecule has 1 atom stereocenters. The fraction of sp³-hybridized carbons (Fsp3) is 0.524. The molecule has 4 rings (SSSR count). The third kappa shape index (κ3) is 3.93. The zero-order chi connectivity index (χ0) is 19.5. The zero-order valence-electron chi connectivity index (χ0n) is 16.3. The molecule has 0 bridgehead atoms. The van der Waals surface area contributed by atoms with Gasteiger partial charge in [0.25, 0.3) is 0 Å². The highest BCUT2D eigenvalue weighted by Gasteiger charge is 2.30. The summed E-state index contributed by atoms with van der Waals surface area (Å²) in [4.78, 5) is 32.4. The summed E-state index contributed by atoms with van der Waals surface area (Å²) < 4.78 is 5.54. The molecule has 1 aromatic heterocycles. The minimum Gasteiger partial charge on any atom is -0.343 e. The number of likely N-dealkylation sites (tertiary alicyclic amines) is 2. The Morgan fingerprint density at radius 3 is 2.68 bits per heavy atom. The third-order valence-electron chi connectivity index (χ3n) is 5.70. The van der Waals surface area contributed by atoms with Gasteiger partial charge < -0.3 is 14.3 Å². The minimum atomic E-state index is 0.0661. The second kappa shape index (κ2) is 8.12. The molecule has 0 N–H and O–H groups in total. The van der Waals surface area contributed by atoms with Gasteiger partial charge in [0.1, 0.15) is 0 Å². The van der Waals surface area contributed by atoms with Crippen molar-refractivity contribution in [3.8, 4) is 11.4 Å². The smallest absolute Gasteiger partial charge is 0.231 e. The number of benzene rings is 1. The van der Waals surface area contributed by atoms with Crippen LogP contribution in [0.4, 0.5) is 0 Å². The van der Waals surface area contributed by atoms with Gasteiger partial charge in [0.05, 0.1) is 5.92 Å². The van der Waals surface area contributed by atoms with E-state index in [0.29, 0.717) is 37.6 Å². The van der Waals surface area contributed by atoms with Crippen LogP contribution >= 0.6 is 0 Å². The zero-order valence-corrected chi connectivity index (χ0v) is 16.3. The molecule has 148 valence electrons. The Balaban J connectivity index is 1.37. The molecule has 2 amide bonds. The summed E-state index contributed by atoms with van der Waals surface area (Å²) in [5.74, 6) is 1.67. The molecule has 0 radical (unpaired) electrons. The van der Waals surface area contributed by atoms with Crippen LogP contribution in [0.1, 0.15) is 49.5 Å². The number of aryl methyl sites for hydroxylation is 1. The number of nitrogens with zero attached hydrogens (tertiary/aromatic N) is 4. The molecule has 0 unspecified atom stereocenters. The van der Waals surface area contributed by atoms with Crippen molar-refractivity contribution in [3.63, 3.8) is 0 Å². The average Bonchev–Trinajstić information content (AvgIpc) is 3.33. The molecule has 2 saturated heterocycles. The van der Waals surface area contributed by atoms with Crippen LogP contribution in [0.15, 0.2) is 28.8 Å². The first-order chi connectivity index (χ1) is 13.6. The van der Waals surface area contributed by atoms with Crippen molar-refractivity contribution in [2.75, 3.05) is 26.2 Å². The molecule has 0 spiro atoms. The predicted molar refractivity (Wildman–Crippen MR) is 103 cm³/mol. The molecule has 2 fully saturated rings. The van der Waals surface area contributed by atoms with Crippen molar-refractivity contribution in [2.24, 2.45) is 0 Å². The van der Waals surface area contributed by atoms with E-state index in [2.05, 4.69) is 10.1 Å². The maximum Gasteiger partial charge on any atom is 0.231 e. The second-order valence-electron chi connectivity index (χ2n) is 7.68. The van der Waals surface area contributed by atoms with Gasteiger partial charge in [-0.2, -0.15) is 4.98 Å². The van der Waals surface area contributed by atoms with E-state index in [1.54, 1.807) is 0 Å². The van der Waals surface area contributed by atoms with E-state index in [-0.39, 0.29) is 17.7 Å². The maximum atomic E-state index is 12.3. The first-order valence-electron chi connectivity index (χ1n) is 10.1. The van der Waals surface area contributed by atoms with Gasteiger partial charge in [0, 0.05) is 44.6 Å². The molecule has 7 heteroatoms. The Labute approximate surface area is 164 Å². The van der Waals surface area contributed by atoms with Gasteiger partial charge in [-0.3, -0.25) is 9.59 Å². The molecule has 2 aliphatic rings. The summed E-state index contributed by atoms with van der Waals surface area (Å²) in [6.07, 6.45) is 3.64. The number of rotatable bonds is 6. The van der Waals surface area contributed by atoms with Crippen LogP contribution in [0.5, 0.6) is 0 Å². The Kier molecular flexibility index (Phi) is 5.41. The van der Waals surface area contributed by atoms with Crippen LogP contribution in [-0.2, 0) is 9.59 Å². The normalized spacial score (nSPS) is 20.2. The van der Waals surface area contributed by atoms with E-state index < -0.39 is 0 Å². The van der Waals surface area contributed by atoms with Crippen LogP contribution in [0.25, 0.3) is 11.4 Å². The standard InChI is InChI=1S/C21H26N4O3/c1-15-6-2-3-7-17(15)20-22-21(28-23-20)16-9-10-19(27)25(14-16)13-5-12-24-11-4-8-18(24)26/h2-3,6-7,16H,4-5,8-14H2,1H3/t16-/m1/s1. The second-order valence-corrected chi connectivity index (χ2v) is 7.68. The Bertz CT molecular complexity index is 863. The molecule has 0 saturated carbocycles. The summed E-state index contributed by atoms with van der Waals surface area (Å²) >= 11 is 0. The summed E-state index contributed by atoms with van der Waals surface area (Å²) in [7, 11) is 0. The highest BCUT2D eigenvalue weighted by Crippen LogP contribution is 2.29. The number of carbonyl (C=O) groups is 2. The lowest BCUT2D eigenvalue weighted by Gasteiger charge is -2.31. The summed E-state index contributed by atoms with van der Waals surface area (Å²) in [6, 6.07) is 7.96. The predicted octanol–water partition coefficient (Wildman–Crippen LogP) is 2.76. The largest absolute Gasteiger partial charge is 0.343 e. The summed E-state index contributed by atoms with van der Waals surface area (Å²) in [6.45, 7) is 4.86. The van der Waals surface area contributed by atoms with Crippen molar-refractivity contribution >= 4 is 11.8 Å². The first-order valence-corrected chi connectivity index (χ1v) is 10.1. The molecule has 28 heavy (non-hydrogen) atoms. The van der Waals surface area contributed by atoms with Gasteiger partial charge in [0.15, 0.2) is 0 Å².